The molecule has 1 heterocycles. The molecule has 0 saturated heterocycles. The zero-order valence-corrected chi connectivity index (χ0v) is 13.5. The summed E-state index contributed by atoms with van der Waals surface area (Å²) in [5.41, 5.74) is 3.03. The maximum absolute atomic E-state index is 12.1. The molecule has 0 saturated carbocycles. The Morgan fingerprint density at radius 1 is 1.08 bits per heavy atom. The molecule has 0 spiro atoms. The summed E-state index contributed by atoms with van der Waals surface area (Å²) in [7, 11) is 0. The number of anilines is 1. The van der Waals surface area contributed by atoms with Crippen molar-refractivity contribution in [2.75, 3.05) is 5.32 Å². The molecule has 3 rings (SSSR count). The van der Waals surface area contributed by atoms with E-state index in [9.17, 15) is 10.1 Å². The highest BCUT2D eigenvalue weighted by atomic mass is 32.1. The second-order valence-corrected chi connectivity index (χ2v) is 5.84. The molecule has 0 bridgehead atoms. The Kier molecular flexibility index (Phi) is 4.80. The third-order valence-electron chi connectivity index (χ3n) is 3.35. The van der Waals surface area contributed by atoms with Gasteiger partial charge >= 0.3 is 0 Å². The number of nitrogens with zero attached hydrogens (tertiary/aromatic N) is 2. The highest BCUT2D eigenvalue weighted by molar-refractivity contribution is 7.13. The molecule has 5 heteroatoms. The van der Waals surface area contributed by atoms with Crippen LogP contribution in [0.2, 0.25) is 0 Å². The number of benzene rings is 2. The third kappa shape index (κ3) is 3.75. The van der Waals surface area contributed by atoms with Crippen LogP contribution in [-0.2, 0) is 4.79 Å². The average molecular weight is 331 g/mol. The first-order valence-corrected chi connectivity index (χ1v) is 8.12. The molecule has 4 nitrogen and oxygen atoms in total. The first-order valence-electron chi connectivity index (χ1n) is 7.24. The summed E-state index contributed by atoms with van der Waals surface area (Å²) in [5.74, 6) is -0.459. The van der Waals surface area contributed by atoms with Gasteiger partial charge in [0.05, 0.1) is 0 Å². The van der Waals surface area contributed by atoms with E-state index in [4.69, 9.17) is 0 Å². The monoisotopic (exact) mass is 331 g/mol. The van der Waals surface area contributed by atoms with Crippen molar-refractivity contribution in [2.45, 2.75) is 0 Å². The Morgan fingerprint density at radius 2 is 1.79 bits per heavy atom. The van der Waals surface area contributed by atoms with E-state index < -0.39 is 5.91 Å². The van der Waals surface area contributed by atoms with Crippen molar-refractivity contribution < 1.29 is 4.79 Å². The molecule has 1 amide bonds. The van der Waals surface area contributed by atoms with Crippen LogP contribution in [0.15, 0.2) is 71.7 Å². The average Bonchev–Trinajstić information content (AvgIpc) is 3.14. The molecule has 1 N–H and O–H groups in total. The van der Waals surface area contributed by atoms with Crippen molar-refractivity contribution in [1.82, 2.24) is 4.98 Å². The van der Waals surface area contributed by atoms with Crippen LogP contribution in [0, 0.1) is 11.3 Å². The zero-order chi connectivity index (χ0) is 16.8. The smallest absolute Gasteiger partial charge is 0.268 e. The number of hydrogen-bond donors (Lipinski definition) is 1. The van der Waals surface area contributed by atoms with Crippen LogP contribution in [0.4, 0.5) is 5.13 Å². The van der Waals surface area contributed by atoms with E-state index in [0.29, 0.717) is 5.13 Å². The standard InChI is InChI=1S/C19H13N3OS/c20-13-17(18(23)22-19-21-10-11-24-19)12-14-6-8-16(9-7-14)15-4-2-1-3-5-15/h1-12H,(H,21,22,23)/b17-12+. The molecule has 0 atom stereocenters. The molecule has 0 aliphatic heterocycles. The second kappa shape index (κ2) is 7.36. The lowest BCUT2D eigenvalue weighted by Crippen LogP contribution is -2.13. The number of carbonyl (C=O) groups excluding carboxylic acids is 1. The summed E-state index contributed by atoms with van der Waals surface area (Å²) >= 11 is 1.31. The summed E-state index contributed by atoms with van der Waals surface area (Å²) in [4.78, 5) is 16.1. The summed E-state index contributed by atoms with van der Waals surface area (Å²) in [5, 5.41) is 14.1. The van der Waals surface area contributed by atoms with Crippen molar-refractivity contribution in [3.8, 4) is 17.2 Å². The molecular weight excluding hydrogens is 318 g/mol. The van der Waals surface area contributed by atoms with E-state index in [1.165, 1.54) is 11.3 Å². The Labute approximate surface area is 143 Å². The number of nitrogens with one attached hydrogen (secondary N) is 1. The van der Waals surface area contributed by atoms with E-state index in [0.717, 1.165) is 16.7 Å². The van der Waals surface area contributed by atoms with Gasteiger partial charge in [0.15, 0.2) is 5.13 Å². The zero-order valence-electron chi connectivity index (χ0n) is 12.6. The van der Waals surface area contributed by atoms with Gasteiger partial charge in [-0.2, -0.15) is 5.26 Å². The minimum absolute atomic E-state index is 0.0395. The highest BCUT2D eigenvalue weighted by Gasteiger charge is 2.10. The molecule has 0 fully saturated rings. The van der Waals surface area contributed by atoms with Gasteiger partial charge < -0.3 is 0 Å². The van der Waals surface area contributed by atoms with Gasteiger partial charge in [0.2, 0.25) is 0 Å². The number of rotatable bonds is 4. The lowest BCUT2D eigenvalue weighted by atomic mass is 10.0. The lowest BCUT2D eigenvalue weighted by Gasteiger charge is -2.03. The summed E-state index contributed by atoms with van der Waals surface area (Å²) in [6.07, 6.45) is 3.16. The fourth-order valence-corrected chi connectivity index (χ4v) is 2.69. The number of aromatic nitrogens is 1. The molecule has 0 aliphatic rings. The maximum Gasteiger partial charge on any atom is 0.268 e. The van der Waals surface area contributed by atoms with Gasteiger partial charge in [0, 0.05) is 11.6 Å². The Hall–Kier alpha value is -3.23. The van der Waals surface area contributed by atoms with Crippen molar-refractivity contribution in [3.63, 3.8) is 0 Å². The van der Waals surface area contributed by atoms with Crippen LogP contribution in [0.25, 0.3) is 17.2 Å². The van der Waals surface area contributed by atoms with Crippen molar-refractivity contribution in [2.24, 2.45) is 0 Å². The number of carbonyl (C=O) groups is 1. The Morgan fingerprint density at radius 3 is 2.42 bits per heavy atom. The third-order valence-corrected chi connectivity index (χ3v) is 4.04. The first-order chi connectivity index (χ1) is 11.8. The van der Waals surface area contributed by atoms with Gasteiger partial charge in [-0.1, -0.05) is 54.6 Å². The molecule has 3 aromatic rings. The minimum atomic E-state index is -0.459. The molecular formula is C19H13N3OS. The van der Waals surface area contributed by atoms with Crippen molar-refractivity contribution in [3.05, 3.63) is 77.3 Å². The van der Waals surface area contributed by atoms with E-state index >= 15 is 0 Å². The molecule has 116 valence electrons. The van der Waals surface area contributed by atoms with Gasteiger partial charge in [0.25, 0.3) is 5.91 Å². The predicted molar refractivity (Wildman–Crippen MR) is 96.2 cm³/mol. The predicted octanol–water partition coefficient (Wildman–Crippen LogP) is 4.36. The van der Waals surface area contributed by atoms with Gasteiger partial charge in [-0.3, -0.25) is 10.1 Å². The van der Waals surface area contributed by atoms with Gasteiger partial charge in [-0.05, 0) is 22.8 Å². The number of hydrogen-bond acceptors (Lipinski definition) is 4. The normalized spacial score (nSPS) is 10.9. The van der Waals surface area contributed by atoms with Gasteiger partial charge in [0.1, 0.15) is 11.6 Å². The summed E-state index contributed by atoms with van der Waals surface area (Å²) < 4.78 is 0. The van der Waals surface area contributed by atoms with Crippen LogP contribution in [0.1, 0.15) is 5.56 Å². The molecule has 2 aromatic carbocycles. The molecule has 0 radical (unpaired) electrons. The fraction of sp³-hybridized carbons (Fsp3) is 0. The van der Waals surface area contributed by atoms with Crippen molar-refractivity contribution in [1.29, 1.82) is 5.26 Å². The van der Waals surface area contributed by atoms with Crippen LogP contribution in [-0.4, -0.2) is 10.9 Å². The first kappa shape index (κ1) is 15.7. The van der Waals surface area contributed by atoms with Gasteiger partial charge in [-0.15, -0.1) is 11.3 Å². The number of amides is 1. The van der Waals surface area contributed by atoms with E-state index in [1.54, 1.807) is 17.7 Å². The van der Waals surface area contributed by atoms with Crippen LogP contribution >= 0.6 is 11.3 Å². The van der Waals surface area contributed by atoms with Crippen molar-refractivity contribution >= 4 is 28.5 Å². The van der Waals surface area contributed by atoms with E-state index in [1.807, 2.05) is 60.7 Å². The molecule has 0 aliphatic carbocycles. The Bertz CT molecular complexity index is 892. The minimum Gasteiger partial charge on any atom is -0.297 e. The topological polar surface area (TPSA) is 65.8 Å². The Balaban J connectivity index is 1.79. The quantitative estimate of drug-likeness (QED) is 0.571. The SMILES string of the molecule is N#C/C(=C\c1ccc(-c2ccccc2)cc1)C(=O)Nc1nccs1. The number of thiazole rings is 1. The molecule has 1 aromatic heterocycles. The molecule has 0 unspecified atom stereocenters. The van der Waals surface area contributed by atoms with Gasteiger partial charge in [-0.25, -0.2) is 4.98 Å². The van der Waals surface area contributed by atoms with Crippen LogP contribution < -0.4 is 5.32 Å². The lowest BCUT2D eigenvalue weighted by molar-refractivity contribution is -0.112. The van der Waals surface area contributed by atoms with E-state index in [-0.39, 0.29) is 5.57 Å². The largest absolute Gasteiger partial charge is 0.297 e. The van der Waals surface area contributed by atoms with Crippen LogP contribution in [0.3, 0.4) is 0 Å². The number of nitriles is 1. The second-order valence-electron chi connectivity index (χ2n) is 4.95. The maximum atomic E-state index is 12.1. The molecule has 24 heavy (non-hydrogen) atoms. The fourth-order valence-electron chi connectivity index (χ4n) is 2.17. The summed E-state index contributed by atoms with van der Waals surface area (Å²) in [6.45, 7) is 0. The van der Waals surface area contributed by atoms with E-state index in [2.05, 4.69) is 10.3 Å². The summed E-state index contributed by atoms with van der Waals surface area (Å²) in [6, 6.07) is 19.7. The highest BCUT2D eigenvalue weighted by Crippen LogP contribution is 2.20. The van der Waals surface area contributed by atoms with Crippen LogP contribution in [0.5, 0.6) is 0 Å².